The molecule has 0 spiro atoms. The van der Waals surface area contributed by atoms with Crippen LogP contribution in [0.25, 0.3) is 0 Å². The lowest BCUT2D eigenvalue weighted by Gasteiger charge is -2.09. The Balaban J connectivity index is 2.25. The van der Waals surface area contributed by atoms with Gasteiger partial charge in [-0.15, -0.1) is 0 Å². The van der Waals surface area contributed by atoms with Crippen molar-refractivity contribution < 1.29 is 23.9 Å². The second-order valence-corrected chi connectivity index (χ2v) is 4.25. The van der Waals surface area contributed by atoms with Gasteiger partial charge < -0.3 is 14.2 Å². The van der Waals surface area contributed by atoms with Crippen molar-refractivity contribution in [1.82, 2.24) is 0 Å². The Morgan fingerprint density at radius 1 is 1.00 bits per heavy atom. The van der Waals surface area contributed by atoms with Crippen molar-refractivity contribution in [3.63, 3.8) is 0 Å². The summed E-state index contributed by atoms with van der Waals surface area (Å²) in [5.74, 6) is 0.425. The average molecular weight is 303 g/mol. The molecule has 0 aliphatic rings. The molecule has 2 rings (SSSR count). The fourth-order valence-corrected chi connectivity index (χ4v) is 1.75. The number of methoxy groups -OCH3 is 2. The number of ether oxygens (including phenoxy) is 3. The molecular formula is C15H13NO6. The SMILES string of the molecule is COc1cc(OC)cc(OC(=O)c2cccc([N+](=O)[O-])c2)c1. The summed E-state index contributed by atoms with van der Waals surface area (Å²) >= 11 is 0. The standard InChI is InChI=1S/C15H13NO6/c1-20-12-7-13(21-2)9-14(8-12)22-15(17)10-4-3-5-11(6-10)16(18)19/h3-9H,1-2H3. The summed E-state index contributed by atoms with van der Waals surface area (Å²) in [6, 6.07) is 9.96. The Morgan fingerprint density at radius 3 is 2.14 bits per heavy atom. The monoisotopic (exact) mass is 303 g/mol. The van der Waals surface area contributed by atoms with Crippen LogP contribution in [0.1, 0.15) is 10.4 Å². The first-order valence-corrected chi connectivity index (χ1v) is 6.23. The van der Waals surface area contributed by atoms with Crippen LogP contribution < -0.4 is 14.2 Å². The van der Waals surface area contributed by atoms with Gasteiger partial charge in [-0.05, 0) is 6.07 Å². The number of non-ortho nitro benzene ring substituents is 1. The second kappa shape index (κ2) is 6.57. The van der Waals surface area contributed by atoms with Crippen molar-refractivity contribution in [2.24, 2.45) is 0 Å². The van der Waals surface area contributed by atoms with Crippen LogP contribution in [0.4, 0.5) is 5.69 Å². The van der Waals surface area contributed by atoms with Gasteiger partial charge in [0, 0.05) is 30.3 Å². The number of carbonyl (C=O) groups excluding carboxylic acids is 1. The van der Waals surface area contributed by atoms with Crippen molar-refractivity contribution in [3.05, 3.63) is 58.1 Å². The van der Waals surface area contributed by atoms with Crippen LogP contribution >= 0.6 is 0 Å². The number of carbonyl (C=O) groups is 1. The van der Waals surface area contributed by atoms with E-state index in [0.717, 1.165) is 6.07 Å². The summed E-state index contributed by atoms with van der Waals surface area (Å²) in [4.78, 5) is 22.2. The molecule has 0 unspecified atom stereocenters. The molecule has 2 aromatic carbocycles. The normalized spacial score (nSPS) is 9.91. The van der Waals surface area contributed by atoms with Crippen molar-refractivity contribution in [2.45, 2.75) is 0 Å². The van der Waals surface area contributed by atoms with Gasteiger partial charge in [0.15, 0.2) is 0 Å². The Kier molecular flexibility index (Phi) is 4.57. The third-order valence-corrected chi connectivity index (χ3v) is 2.83. The summed E-state index contributed by atoms with van der Waals surface area (Å²) in [6.45, 7) is 0. The first-order valence-electron chi connectivity index (χ1n) is 6.23. The fourth-order valence-electron chi connectivity index (χ4n) is 1.75. The maximum atomic E-state index is 12.1. The Morgan fingerprint density at radius 2 is 1.59 bits per heavy atom. The summed E-state index contributed by atoms with van der Waals surface area (Å²) in [6.07, 6.45) is 0. The van der Waals surface area contributed by atoms with Crippen molar-refractivity contribution in [1.29, 1.82) is 0 Å². The van der Waals surface area contributed by atoms with E-state index in [2.05, 4.69) is 0 Å². The van der Waals surface area contributed by atoms with Gasteiger partial charge in [-0.2, -0.15) is 0 Å². The Bertz CT molecular complexity index is 691. The van der Waals surface area contributed by atoms with Crippen LogP contribution in [0, 0.1) is 10.1 Å². The minimum Gasteiger partial charge on any atom is -0.496 e. The second-order valence-electron chi connectivity index (χ2n) is 4.25. The topological polar surface area (TPSA) is 87.9 Å². The molecule has 0 saturated heterocycles. The van der Waals surface area contributed by atoms with Gasteiger partial charge in [-0.25, -0.2) is 4.79 Å². The fraction of sp³-hybridized carbons (Fsp3) is 0.133. The number of nitro groups is 1. The van der Waals surface area contributed by atoms with Gasteiger partial charge in [-0.3, -0.25) is 10.1 Å². The maximum Gasteiger partial charge on any atom is 0.343 e. The van der Waals surface area contributed by atoms with Crippen LogP contribution in [0.5, 0.6) is 17.2 Å². The molecule has 22 heavy (non-hydrogen) atoms. The molecule has 0 aromatic heterocycles. The number of benzene rings is 2. The summed E-state index contributed by atoms with van der Waals surface area (Å²) in [7, 11) is 2.95. The molecule has 0 heterocycles. The molecule has 0 saturated carbocycles. The molecule has 2 aromatic rings. The summed E-state index contributed by atoms with van der Waals surface area (Å²) in [5.41, 5.74) is -0.103. The molecule has 7 heteroatoms. The van der Waals surface area contributed by atoms with Crippen LogP contribution in [-0.2, 0) is 0 Å². The largest absolute Gasteiger partial charge is 0.496 e. The van der Waals surface area contributed by atoms with Gasteiger partial charge in [0.1, 0.15) is 17.2 Å². The highest BCUT2D eigenvalue weighted by Gasteiger charge is 2.14. The zero-order chi connectivity index (χ0) is 16.1. The number of nitro benzene ring substituents is 1. The molecule has 0 fully saturated rings. The van der Waals surface area contributed by atoms with E-state index in [-0.39, 0.29) is 17.0 Å². The Labute approximate surface area is 126 Å². The average Bonchev–Trinajstić information content (AvgIpc) is 2.54. The van der Waals surface area contributed by atoms with Crippen LogP contribution in [0.3, 0.4) is 0 Å². The minimum atomic E-state index is -0.709. The summed E-state index contributed by atoms with van der Waals surface area (Å²) < 4.78 is 15.3. The van der Waals surface area contributed by atoms with Crippen LogP contribution in [0.2, 0.25) is 0 Å². The third-order valence-electron chi connectivity index (χ3n) is 2.83. The van der Waals surface area contributed by atoms with E-state index in [4.69, 9.17) is 14.2 Å². The summed E-state index contributed by atoms with van der Waals surface area (Å²) in [5, 5.41) is 10.7. The molecule has 0 amide bonds. The van der Waals surface area contributed by atoms with Gasteiger partial charge in [-0.1, -0.05) is 6.07 Å². The number of hydrogen-bond donors (Lipinski definition) is 0. The number of nitrogens with zero attached hydrogens (tertiary/aromatic N) is 1. The van der Waals surface area contributed by atoms with Crippen molar-refractivity contribution in [3.8, 4) is 17.2 Å². The molecule has 0 atom stereocenters. The quantitative estimate of drug-likeness (QED) is 0.365. The predicted octanol–water partition coefficient (Wildman–Crippen LogP) is 2.83. The molecule has 0 radical (unpaired) electrons. The smallest absolute Gasteiger partial charge is 0.343 e. The first-order chi connectivity index (χ1) is 10.5. The maximum absolute atomic E-state index is 12.1. The van der Waals surface area contributed by atoms with Gasteiger partial charge in [0.25, 0.3) is 5.69 Å². The molecule has 114 valence electrons. The highest BCUT2D eigenvalue weighted by molar-refractivity contribution is 5.91. The number of hydrogen-bond acceptors (Lipinski definition) is 6. The van der Waals surface area contributed by atoms with E-state index in [1.807, 2.05) is 0 Å². The zero-order valence-electron chi connectivity index (χ0n) is 11.9. The lowest BCUT2D eigenvalue weighted by atomic mass is 10.2. The van der Waals surface area contributed by atoms with E-state index in [1.165, 1.54) is 44.6 Å². The number of rotatable bonds is 5. The van der Waals surface area contributed by atoms with E-state index in [9.17, 15) is 14.9 Å². The molecule has 0 bridgehead atoms. The Hall–Kier alpha value is -3.09. The van der Waals surface area contributed by atoms with E-state index >= 15 is 0 Å². The lowest BCUT2D eigenvalue weighted by Crippen LogP contribution is -2.09. The zero-order valence-corrected chi connectivity index (χ0v) is 11.9. The molecule has 0 aliphatic heterocycles. The first kappa shape index (κ1) is 15.3. The van der Waals surface area contributed by atoms with Crippen LogP contribution in [-0.4, -0.2) is 25.1 Å². The molecular weight excluding hydrogens is 290 g/mol. The van der Waals surface area contributed by atoms with Crippen LogP contribution in [0.15, 0.2) is 42.5 Å². The van der Waals surface area contributed by atoms with Crippen molar-refractivity contribution >= 4 is 11.7 Å². The highest BCUT2D eigenvalue weighted by Crippen LogP contribution is 2.28. The van der Waals surface area contributed by atoms with E-state index in [1.54, 1.807) is 6.07 Å². The van der Waals surface area contributed by atoms with E-state index < -0.39 is 10.9 Å². The third kappa shape index (κ3) is 3.51. The number of esters is 1. The van der Waals surface area contributed by atoms with E-state index in [0.29, 0.717) is 11.5 Å². The molecule has 0 N–H and O–H groups in total. The lowest BCUT2D eigenvalue weighted by molar-refractivity contribution is -0.384. The van der Waals surface area contributed by atoms with Crippen molar-refractivity contribution in [2.75, 3.05) is 14.2 Å². The minimum absolute atomic E-state index is 0.0796. The highest BCUT2D eigenvalue weighted by atomic mass is 16.6. The van der Waals surface area contributed by atoms with Gasteiger partial charge >= 0.3 is 5.97 Å². The molecule has 0 aliphatic carbocycles. The van der Waals surface area contributed by atoms with Gasteiger partial charge in [0.05, 0.1) is 24.7 Å². The predicted molar refractivity (Wildman–Crippen MR) is 77.6 cm³/mol. The molecule has 7 nitrogen and oxygen atoms in total. The van der Waals surface area contributed by atoms with Gasteiger partial charge in [0.2, 0.25) is 0 Å².